The van der Waals surface area contributed by atoms with Gasteiger partial charge in [0, 0.05) is 11.8 Å². The third-order valence-corrected chi connectivity index (χ3v) is 3.01. The Bertz CT molecular complexity index is 662. The molecule has 0 aliphatic heterocycles. The lowest BCUT2D eigenvalue weighted by molar-refractivity contribution is 0.102. The highest BCUT2D eigenvalue weighted by Crippen LogP contribution is 2.23. The number of nitrogen functional groups attached to an aromatic ring is 1. The Balaban J connectivity index is 2.21. The number of amides is 1. The summed E-state index contributed by atoms with van der Waals surface area (Å²) in [6.45, 7) is 0. The summed E-state index contributed by atoms with van der Waals surface area (Å²) in [5, 5.41) is 2.86. The fourth-order valence-corrected chi connectivity index (χ4v) is 1.79. The van der Waals surface area contributed by atoms with Crippen LogP contribution in [0.3, 0.4) is 0 Å². The van der Waals surface area contributed by atoms with Crippen LogP contribution in [0.15, 0.2) is 36.4 Å². The van der Waals surface area contributed by atoms with E-state index in [0.717, 1.165) is 6.07 Å². The average molecular weight is 295 g/mol. The lowest BCUT2D eigenvalue weighted by Gasteiger charge is -2.08. The Kier molecular flexibility index (Phi) is 4.10. The summed E-state index contributed by atoms with van der Waals surface area (Å²) in [5.41, 5.74) is 6.32. The van der Waals surface area contributed by atoms with Gasteiger partial charge < -0.3 is 15.8 Å². The molecule has 0 heterocycles. The molecule has 0 bridgehead atoms. The van der Waals surface area contributed by atoms with Crippen LogP contribution in [0.25, 0.3) is 0 Å². The van der Waals surface area contributed by atoms with Gasteiger partial charge in [-0.1, -0.05) is 11.6 Å². The Labute approximate surface area is 120 Å². The molecule has 6 heteroatoms. The van der Waals surface area contributed by atoms with Gasteiger partial charge in [-0.2, -0.15) is 0 Å². The summed E-state index contributed by atoms with van der Waals surface area (Å²) in [5.74, 6) is -0.899. The lowest BCUT2D eigenvalue weighted by Crippen LogP contribution is -2.13. The number of anilines is 2. The number of nitrogens with one attached hydrogen (secondary N) is 1. The van der Waals surface area contributed by atoms with E-state index in [1.54, 1.807) is 12.1 Å². The van der Waals surface area contributed by atoms with Crippen molar-refractivity contribution in [3.63, 3.8) is 0 Å². The van der Waals surface area contributed by atoms with Crippen LogP contribution >= 0.6 is 11.6 Å². The summed E-state index contributed by atoms with van der Waals surface area (Å²) in [6.07, 6.45) is 0. The van der Waals surface area contributed by atoms with Crippen LogP contribution in [-0.2, 0) is 0 Å². The number of benzene rings is 2. The molecule has 2 aromatic carbocycles. The van der Waals surface area contributed by atoms with E-state index < -0.39 is 11.7 Å². The van der Waals surface area contributed by atoms with Crippen molar-refractivity contribution in [3.8, 4) is 5.75 Å². The van der Waals surface area contributed by atoms with Gasteiger partial charge in [-0.15, -0.1) is 0 Å². The second-order valence-corrected chi connectivity index (χ2v) is 4.44. The molecular weight excluding hydrogens is 283 g/mol. The van der Waals surface area contributed by atoms with Crippen LogP contribution in [0.4, 0.5) is 15.8 Å². The van der Waals surface area contributed by atoms with Gasteiger partial charge in [-0.05, 0) is 30.3 Å². The van der Waals surface area contributed by atoms with Crippen LogP contribution in [0, 0.1) is 5.82 Å². The topological polar surface area (TPSA) is 64.3 Å². The van der Waals surface area contributed by atoms with Crippen LogP contribution in [0.2, 0.25) is 5.02 Å². The standard InChI is InChI=1S/C14H12ClFN2O2/c1-20-9-3-4-10(12(16)7-9)14(19)18-8-2-5-13(17)11(15)6-8/h2-7H,17H2,1H3,(H,18,19). The van der Waals surface area contributed by atoms with E-state index in [-0.39, 0.29) is 5.56 Å². The quantitative estimate of drug-likeness (QED) is 0.854. The van der Waals surface area contributed by atoms with Crippen LogP contribution in [-0.4, -0.2) is 13.0 Å². The van der Waals surface area contributed by atoms with Crippen molar-refractivity contribution >= 4 is 28.9 Å². The Hall–Kier alpha value is -2.27. The molecule has 0 atom stereocenters. The molecule has 0 radical (unpaired) electrons. The number of carbonyl (C=O) groups excluding carboxylic acids is 1. The smallest absolute Gasteiger partial charge is 0.258 e. The maximum atomic E-state index is 13.7. The summed E-state index contributed by atoms with van der Waals surface area (Å²) in [7, 11) is 1.42. The predicted molar refractivity (Wildman–Crippen MR) is 76.8 cm³/mol. The Morgan fingerprint density at radius 1 is 1.30 bits per heavy atom. The van der Waals surface area contributed by atoms with Crippen molar-refractivity contribution in [3.05, 3.63) is 52.8 Å². The molecule has 20 heavy (non-hydrogen) atoms. The molecule has 0 saturated heterocycles. The van der Waals surface area contributed by atoms with Crippen molar-refractivity contribution in [1.29, 1.82) is 0 Å². The first-order chi connectivity index (χ1) is 9.51. The highest BCUT2D eigenvalue weighted by atomic mass is 35.5. The number of rotatable bonds is 3. The van der Waals surface area contributed by atoms with Gasteiger partial charge in [0.1, 0.15) is 11.6 Å². The molecule has 0 aliphatic carbocycles. The van der Waals surface area contributed by atoms with E-state index in [4.69, 9.17) is 22.1 Å². The zero-order valence-electron chi connectivity index (χ0n) is 10.6. The predicted octanol–water partition coefficient (Wildman–Crippen LogP) is 3.32. The van der Waals surface area contributed by atoms with Gasteiger partial charge in [-0.25, -0.2) is 4.39 Å². The third-order valence-electron chi connectivity index (χ3n) is 2.68. The minimum atomic E-state index is -0.664. The minimum Gasteiger partial charge on any atom is -0.497 e. The fourth-order valence-electron chi connectivity index (χ4n) is 1.61. The summed E-state index contributed by atoms with van der Waals surface area (Å²) < 4.78 is 18.6. The van der Waals surface area contributed by atoms with E-state index in [1.165, 1.54) is 25.3 Å². The molecule has 1 amide bonds. The molecule has 4 nitrogen and oxygen atoms in total. The van der Waals surface area contributed by atoms with Crippen molar-refractivity contribution in [2.45, 2.75) is 0 Å². The maximum absolute atomic E-state index is 13.7. The molecule has 0 aromatic heterocycles. The van der Waals surface area contributed by atoms with E-state index in [1.807, 2.05) is 0 Å². The number of hydrogen-bond donors (Lipinski definition) is 2. The first-order valence-electron chi connectivity index (χ1n) is 5.71. The molecular formula is C14H12ClFN2O2. The Morgan fingerprint density at radius 3 is 2.65 bits per heavy atom. The average Bonchev–Trinajstić information content (AvgIpc) is 2.42. The second kappa shape index (κ2) is 5.79. The largest absolute Gasteiger partial charge is 0.497 e. The molecule has 0 fully saturated rings. The van der Waals surface area contributed by atoms with Crippen LogP contribution in [0.1, 0.15) is 10.4 Å². The SMILES string of the molecule is COc1ccc(C(=O)Nc2ccc(N)c(Cl)c2)c(F)c1. The summed E-state index contributed by atoms with van der Waals surface area (Å²) in [4.78, 5) is 12.0. The van der Waals surface area contributed by atoms with Crippen molar-refractivity contribution < 1.29 is 13.9 Å². The highest BCUT2D eigenvalue weighted by Gasteiger charge is 2.13. The number of hydrogen-bond acceptors (Lipinski definition) is 3. The Morgan fingerprint density at radius 2 is 2.05 bits per heavy atom. The first-order valence-corrected chi connectivity index (χ1v) is 6.09. The van der Waals surface area contributed by atoms with Gasteiger partial charge in [-0.3, -0.25) is 4.79 Å². The molecule has 3 N–H and O–H groups in total. The lowest BCUT2D eigenvalue weighted by atomic mass is 10.2. The third kappa shape index (κ3) is 3.00. The number of ether oxygens (including phenoxy) is 1. The number of halogens is 2. The van der Waals surface area contributed by atoms with Gasteiger partial charge in [0.05, 0.1) is 23.4 Å². The molecule has 0 aliphatic rings. The van der Waals surface area contributed by atoms with Crippen molar-refractivity contribution in [2.75, 3.05) is 18.2 Å². The monoisotopic (exact) mass is 294 g/mol. The van der Waals surface area contributed by atoms with Gasteiger partial charge >= 0.3 is 0 Å². The first kappa shape index (κ1) is 14.1. The van der Waals surface area contributed by atoms with Crippen molar-refractivity contribution in [1.82, 2.24) is 0 Å². The van der Waals surface area contributed by atoms with E-state index in [0.29, 0.717) is 22.1 Å². The van der Waals surface area contributed by atoms with Gasteiger partial charge in [0.25, 0.3) is 5.91 Å². The van der Waals surface area contributed by atoms with Crippen molar-refractivity contribution in [2.24, 2.45) is 0 Å². The molecule has 104 valence electrons. The maximum Gasteiger partial charge on any atom is 0.258 e. The second-order valence-electron chi connectivity index (χ2n) is 4.04. The zero-order valence-corrected chi connectivity index (χ0v) is 11.4. The molecule has 2 rings (SSSR count). The number of methoxy groups -OCH3 is 1. The van der Waals surface area contributed by atoms with E-state index >= 15 is 0 Å². The number of carbonyl (C=O) groups is 1. The molecule has 0 spiro atoms. The normalized spacial score (nSPS) is 10.2. The summed E-state index contributed by atoms with van der Waals surface area (Å²) in [6, 6.07) is 8.64. The minimum absolute atomic E-state index is 0.0845. The summed E-state index contributed by atoms with van der Waals surface area (Å²) >= 11 is 5.85. The van der Waals surface area contributed by atoms with Gasteiger partial charge in [0.15, 0.2) is 0 Å². The highest BCUT2D eigenvalue weighted by molar-refractivity contribution is 6.33. The number of nitrogens with two attached hydrogens (primary N) is 1. The molecule has 0 saturated carbocycles. The zero-order chi connectivity index (χ0) is 14.7. The molecule has 0 unspecified atom stereocenters. The molecule has 2 aromatic rings. The van der Waals surface area contributed by atoms with Crippen LogP contribution in [0.5, 0.6) is 5.75 Å². The van der Waals surface area contributed by atoms with Gasteiger partial charge in [0.2, 0.25) is 0 Å². The van der Waals surface area contributed by atoms with E-state index in [2.05, 4.69) is 5.32 Å². The fraction of sp³-hybridized carbons (Fsp3) is 0.0714. The van der Waals surface area contributed by atoms with E-state index in [9.17, 15) is 9.18 Å². The van der Waals surface area contributed by atoms with Crippen LogP contribution < -0.4 is 15.8 Å².